The molecule has 0 spiro atoms. The fourth-order valence-corrected chi connectivity index (χ4v) is 1.96. The second-order valence-corrected chi connectivity index (χ2v) is 5.03. The maximum atomic E-state index is 8.67. The molecule has 0 radical (unpaired) electrons. The van der Waals surface area contributed by atoms with E-state index in [2.05, 4.69) is 24.4 Å². The summed E-state index contributed by atoms with van der Waals surface area (Å²) in [5, 5.41) is 13.9. The van der Waals surface area contributed by atoms with Gasteiger partial charge in [0.2, 0.25) is 0 Å². The van der Waals surface area contributed by atoms with Crippen LogP contribution in [0.25, 0.3) is 0 Å². The maximum absolute atomic E-state index is 8.67. The number of hydrazine groups is 1. The lowest BCUT2D eigenvalue weighted by Crippen LogP contribution is -2.32. The van der Waals surface area contributed by atoms with Crippen LogP contribution in [0.4, 0.5) is 5.69 Å². The summed E-state index contributed by atoms with van der Waals surface area (Å²) >= 11 is 0. The van der Waals surface area contributed by atoms with E-state index < -0.39 is 0 Å². The lowest BCUT2D eigenvalue weighted by Gasteiger charge is -2.22. The van der Waals surface area contributed by atoms with E-state index in [4.69, 9.17) is 11.1 Å². The molecule has 108 valence electrons. The lowest BCUT2D eigenvalue weighted by atomic mass is 10.0. The standard InChI is InChI=1S/C16H24N4/c1-4-13(2)16(10-12-20(3)18)19-15-7-5-14(6-8-15)9-11-17/h4-8,16,19H,9-10,12,18H2,1-3H3/b13-4+. The van der Waals surface area contributed by atoms with E-state index in [1.165, 1.54) is 5.57 Å². The predicted octanol–water partition coefficient (Wildman–Crippen LogP) is 2.69. The van der Waals surface area contributed by atoms with Crippen LogP contribution in [-0.2, 0) is 6.42 Å². The van der Waals surface area contributed by atoms with Gasteiger partial charge in [-0.25, -0.2) is 0 Å². The number of rotatable bonds is 7. The first-order valence-corrected chi connectivity index (χ1v) is 6.88. The van der Waals surface area contributed by atoms with Crippen molar-refractivity contribution in [3.63, 3.8) is 0 Å². The molecule has 1 aromatic carbocycles. The van der Waals surface area contributed by atoms with Crippen LogP contribution < -0.4 is 11.2 Å². The summed E-state index contributed by atoms with van der Waals surface area (Å²) < 4.78 is 0. The number of anilines is 1. The van der Waals surface area contributed by atoms with Crippen LogP contribution in [0.1, 0.15) is 25.8 Å². The molecule has 0 aliphatic carbocycles. The Morgan fingerprint density at radius 3 is 2.60 bits per heavy atom. The first-order valence-electron chi connectivity index (χ1n) is 6.88. The highest BCUT2D eigenvalue weighted by atomic mass is 15.4. The molecule has 0 fully saturated rings. The minimum Gasteiger partial charge on any atom is -0.379 e. The third kappa shape index (κ3) is 5.43. The van der Waals surface area contributed by atoms with Crippen molar-refractivity contribution in [1.29, 1.82) is 5.26 Å². The molecule has 0 heterocycles. The maximum Gasteiger partial charge on any atom is 0.0669 e. The Morgan fingerprint density at radius 1 is 1.45 bits per heavy atom. The van der Waals surface area contributed by atoms with Gasteiger partial charge in [-0.05, 0) is 38.0 Å². The third-order valence-electron chi connectivity index (χ3n) is 3.35. The van der Waals surface area contributed by atoms with Crippen molar-refractivity contribution in [2.24, 2.45) is 5.84 Å². The summed E-state index contributed by atoms with van der Waals surface area (Å²) in [7, 11) is 1.87. The van der Waals surface area contributed by atoms with Crippen LogP contribution in [0.3, 0.4) is 0 Å². The highest BCUT2D eigenvalue weighted by Crippen LogP contribution is 2.16. The Labute approximate surface area is 121 Å². The molecule has 1 aromatic rings. The Hall–Kier alpha value is -1.83. The molecular formula is C16H24N4. The molecule has 0 aliphatic rings. The van der Waals surface area contributed by atoms with Crippen LogP contribution in [0.5, 0.6) is 0 Å². The predicted molar refractivity (Wildman–Crippen MR) is 84.0 cm³/mol. The largest absolute Gasteiger partial charge is 0.379 e. The van der Waals surface area contributed by atoms with Gasteiger partial charge in [-0.15, -0.1) is 0 Å². The van der Waals surface area contributed by atoms with Crippen molar-refractivity contribution in [2.45, 2.75) is 32.7 Å². The normalized spacial score (nSPS) is 13.1. The van der Waals surface area contributed by atoms with Crippen molar-refractivity contribution >= 4 is 5.69 Å². The molecule has 0 aliphatic heterocycles. The average molecular weight is 272 g/mol. The number of benzene rings is 1. The second kappa shape index (κ2) is 8.36. The monoisotopic (exact) mass is 272 g/mol. The molecule has 1 unspecified atom stereocenters. The zero-order valence-electron chi connectivity index (χ0n) is 12.6. The van der Waals surface area contributed by atoms with Crippen molar-refractivity contribution in [3.8, 4) is 6.07 Å². The van der Waals surface area contributed by atoms with Gasteiger partial charge in [-0.1, -0.05) is 23.8 Å². The third-order valence-corrected chi connectivity index (χ3v) is 3.35. The molecule has 0 saturated heterocycles. The number of hydrogen-bond acceptors (Lipinski definition) is 4. The fraction of sp³-hybridized carbons (Fsp3) is 0.438. The Bertz CT molecular complexity index is 468. The average Bonchev–Trinajstić information content (AvgIpc) is 2.44. The summed E-state index contributed by atoms with van der Waals surface area (Å²) in [5.74, 6) is 5.68. The molecule has 0 saturated carbocycles. The topological polar surface area (TPSA) is 65.1 Å². The molecular weight excluding hydrogens is 248 g/mol. The van der Waals surface area contributed by atoms with Gasteiger partial charge in [-0.2, -0.15) is 5.26 Å². The van der Waals surface area contributed by atoms with E-state index in [0.717, 1.165) is 24.2 Å². The van der Waals surface area contributed by atoms with Crippen LogP contribution in [0.15, 0.2) is 35.9 Å². The van der Waals surface area contributed by atoms with Gasteiger partial charge in [0.15, 0.2) is 0 Å². The van der Waals surface area contributed by atoms with Gasteiger partial charge in [0, 0.05) is 25.3 Å². The van der Waals surface area contributed by atoms with E-state index in [1.807, 2.05) is 38.2 Å². The summed E-state index contributed by atoms with van der Waals surface area (Å²) in [4.78, 5) is 0. The van der Waals surface area contributed by atoms with E-state index in [1.54, 1.807) is 5.01 Å². The van der Waals surface area contributed by atoms with Crippen LogP contribution in [0, 0.1) is 11.3 Å². The minimum absolute atomic E-state index is 0.271. The van der Waals surface area contributed by atoms with Gasteiger partial charge < -0.3 is 5.32 Å². The summed E-state index contributed by atoms with van der Waals surface area (Å²) in [5.41, 5.74) is 3.41. The highest BCUT2D eigenvalue weighted by Gasteiger charge is 2.10. The first-order chi connectivity index (χ1) is 9.56. The lowest BCUT2D eigenvalue weighted by molar-refractivity contribution is 0.339. The molecule has 3 N–H and O–H groups in total. The molecule has 0 bridgehead atoms. The number of nitriles is 1. The first kappa shape index (κ1) is 16.2. The molecule has 1 atom stereocenters. The molecule has 4 heteroatoms. The molecule has 20 heavy (non-hydrogen) atoms. The van der Waals surface area contributed by atoms with Crippen LogP contribution >= 0.6 is 0 Å². The number of nitrogens with zero attached hydrogens (tertiary/aromatic N) is 2. The van der Waals surface area contributed by atoms with Gasteiger partial charge in [0.05, 0.1) is 12.5 Å². The number of allylic oxidation sites excluding steroid dienone is 1. The molecule has 4 nitrogen and oxygen atoms in total. The number of hydrogen-bond donors (Lipinski definition) is 2. The number of nitrogens with one attached hydrogen (secondary N) is 1. The van der Waals surface area contributed by atoms with Crippen LogP contribution in [0.2, 0.25) is 0 Å². The summed E-state index contributed by atoms with van der Waals surface area (Å²) in [6, 6.07) is 10.4. The van der Waals surface area contributed by atoms with Crippen molar-refractivity contribution in [2.75, 3.05) is 18.9 Å². The molecule has 0 aromatic heterocycles. The minimum atomic E-state index is 0.271. The van der Waals surface area contributed by atoms with E-state index in [0.29, 0.717) is 6.42 Å². The zero-order valence-corrected chi connectivity index (χ0v) is 12.6. The van der Waals surface area contributed by atoms with E-state index in [-0.39, 0.29) is 6.04 Å². The van der Waals surface area contributed by atoms with Crippen LogP contribution in [-0.4, -0.2) is 24.6 Å². The van der Waals surface area contributed by atoms with Gasteiger partial charge >= 0.3 is 0 Å². The van der Waals surface area contributed by atoms with E-state index in [9.17, 15) is 0 Å². The quantitative estimate of drug-likeness (QED) is 0.455. The van der Waals surface area contributed by atoms with Crippen molar-refractivity contribution in [3.05, 3.63) is 41.5 Å². The van der Waals surface area contributed by atoms with Crippen molar-refractivity contribution < 1.29 is 0 Å². The number of nitrogens with two attached hydrogens (primary N) is 1. The SMILES string of the molecule is C/C=C(\C)C(CCN(C)N)Nc1ccc(CC#N)cc1. The van der Waals surface area contributed by atoms with E-state index >= 15 is 0 Å². The summed E-state index contributed by atoms with van der Waals surface area (Å²) in [6.45, 7) is 5.00. The summed E-state index contributed by atoms with van der Waals surface area (Å²) in [6.07, 6.45) is 3.52. The molecule has 1 rings (SSSR count). The fourth-order valence-electron chi connectivity index (χ4n) is 1.96. The highest BCUT2D eigenvalue weighted by molar-refractivity contribution is 5.47. The Kier molecular flexibility index (Phi) is 6.78. The van der Waals surface area contributed by atoms with Crippen molar-refractivity contribution in [1.82, 2.24) is 5.01 Å². The second-order valence-electron chi connectivity index (χ2n) is 5.03. The van der Waals surface area contributed by atoms with Gasteiger partial charge in [0.1, 0.15) is 0 Å². The smallest absolute Gasteiger partial charge is 0.0669 e. The zero-order chi connectivity index (χ0) is 15.0. The van der Waals surface area contributed by atoms with Gasteiger partial charge in [-0.3, -0.25) is 10.9 Å². The van der Waals surface area contributed by atoms with Gasteiger partial charge in [0.25, 0.3) is 0 Å². The molecule has 0 amide bonds. The Balaban J connectivity index is 2.71. The Morgan fingerprint density at radius 2 is 2.10 bits per heavy atom.